The predicted octanol–water partition coefficient (Wildman–Crippen LogP) is 3.94. The van der Waals surface area contributed by atoms with Gasteiger partial charge in [0.25, 0.3) is 0 Å². The molecule has 0 atom stereocenters. The molecule has 7 heteroatoms. The van der Waals surface area contributed by atoms with Crippen molar-refractivity contribution in [2.45, 2.75) is 32.8 Å². The molecule has 2 heterocycles. The Morgan fingerprint density at radius 1 is 1.32 bits per heavy atom. The van der Waals surface area contributed by atoms with Crippen LogP contribution >= 0.6 is 27.5 Å². The number of aromatic nitrogens is 1. The minimum atomic E-state index is -0.466. The highest BCUT2D eigenvalue weighted by molar-refractivity contribution is 9.10. The zero-order valence-corrected chi connectivity index (χ0v) is 15.4. The molecule has 1 aromatic heterocycles. The first-order chi connectivity index (χ1) is 10.3. The number of carbonyl (C=O) groups excluding carboxylic acids is 1. The van der Waals surface area contributed by atoms with Crippen LogP contribution in [-0.2, 0) is 4.74 Å². The highest BCUT2D eigenvalue weighted by Gasteiger charge is 2.24. The van der Waals surface area contributed by atoms with Crippen molar-refractivity contribution in [1.29, 1.82) is 0 Å². The van der Waals surface area contributed by atoms with E-state index in [-0.39, 0.29) is 6.09 Å². The summed E-state index contributed by atoms with van der Waals surface area (Å²) in [5, 5.41) is 0.589. The van der Waals surface area contributed by atoms with E-state index in [4.69, 9.17) is 16.3 Å². The van der Waals surface area contributed by atoms with Crippen molar-refractivity contribution in [1.82, 2.24) is 9.88 Å². The van der Waals surface area contributed by atoms with Gasteiger partial charge in [0.2, 0.25) is 0 Å². The molecule has 0 spiro atoms. The molecule has 0 aliphatic carbocycles. The van der Waals surface area contributed by atoms with Crippen LogP contribution in [0.2, 0.25) is 5.02 Å². The smallest absolute Gasteiger partial charge is 0.410 e. The molecule has 0 radical (unpaired) electrons. The Bertz CT molecular complexity index is 548. The lowest BCUT2D eigenvalue weighted by atomic mass is 10.2. The minimum absolute atomic E-state index is 0.249. The van der Waals surface area contributed by atoms with Gasteiger partial charge in [-0.2, -0.15) is 0 Å². The van der Waals surface area contributed by atoms with Gasteiger partial charge < -0.3 is 14.5 Å². The van der Waals surface area contributed by atoms with E-state index in [2.05, 4.69) is 25.8 Å². The Morgan fingerprint density at radius 3 is 2.68 bits per heavy atom. The Morgan fingerprint density at radius 2 is 2.05 bits per heavy atom. The van der Waals surface area contributed by atoms with Crippen molar-refractivity contribution in [3.05, 3.63) is 21.9 Å². The van der Waals surface area contributed by atoms with Gasteiger partial charge in [-0.3, -0.25) is 0 Å². The summed E-state index contributed by atoms with van der Waals surface area (Å²) >= 11 is 9.40. The van der Waals surface area contributed by atoms with Gasteiger partial charge in [-0.1, -0.05) is 11.6 Å². The summed E-state index contributed by atoms with van der Waals surface area (Å²) in [6, 6.07) is 1.89. The molecule has 2 rings (SSSR count). The van der Waals surface area contributed by atoms with Gasteiger partial charge in [0.05, 0.1) is 16.9 Å². The number of carbonyl (C=O) groups is 1. The number of hydrogen-bond donors (Lipinski definition) is 0. The van der Waals surface area contributed by atoms with Gasteiger partial charge in [0, 0.05) is 26.2 Å². The summed E-state index contributed by atoms with van der Waals surface area (Å²) in [5.74, 6) is 0. The second-order valence-corrected chi connectivity index (χ2v) is 7.43. The van der Waals surface area contributed by atoms with E-state index >= 15 is 0 Å². The number of ether oxygens (including phenoxy) is 1. The standard InChI is InChI=1S/C15H21BrClN3O2/c1-15(2,3)22-14(21)20-6-4-5-19(7-8-20)11-9-12(17)13(16)18-10-11/h9-10H,4-8H2,1-3H3. The van der Waals surface area contributed by atoms with Crippen LogP contribution in [0.3, 0.4) is 0 Å². The van der Waals surface area contributed by atoms with E-state index in [1.165, 1.54) is 0 Å². The number of pyridine rings is 1. The van der Waals surface area contributed by atoms with E-state index in [0.717, 1.165) is 25.2 Å². The van der Waals surface area contributed by atoms with Gasteiger partial charge in [-0.25, -0.2) is 9.78 Å². The molecular weight excluding hydrogens is 370 g/mol. The molecule has 1 aliphatic heterocycles. The number of hydrogen-bond acceptors (Lipinski definition) is 4. The minimum Gasteiger partial charge on any atom is -0.444 e. The molecule has 1 aromatic rings. The lowest BCUT2D eigenvalue weighted by molar-refractivity contribution is 0.0263. The summed E-state index contributed by atoms with van der Waals surface area (Å²) in [6.45, 7) is 8.56. The number of amides is 1. The van der Waals surface area contributed by atoms with Crippen molar-refractivity contribution in [3.8, 4) is 0 Å². The number of halogens is 2. The van der Waals surface area contributed by atoms with E-state index in [1.54, 1.807) is 11.1 Å². The van der Waals surface area contributed by atoms with Crippen LogP contribution in [-0.4, -0.2) is 47.8 Å². The first-order valence-electron chi connectivity index (χ1n) is 7.30. The normalized spacial score (nSPS) is 16.4. The number of rotatable bonds is 1. The van der Waals surface area contributed by atoms with E-state index < -0.39 is 5.60 Å². The fourth-order valence-electron chi connectivity index (χ4n) is 2.27. The first-order valence-corrected chi connectivity index (χ1v) is 8.47. The molecule has 0 unspecified atom stereocenters. The second kappa shape index (κ2) is 7.04. The largest absolute Gasteiger partial charge is 0.444 e. The van der Waals surface area contributed by atoms with Crippen LogP contribution < -0.4 is 4.90 Å². The lowest BCUT2D eigenvalue weighted by Crippen LogP contribution is -2.39. The average molecular weight is 391 g/mol. The van der Waals surface area contributed by atoms with Crippen molar-refractivity contribution in [2.75, 3.05) is 31.1 Å². The molecule has 1 aliphatic rings. The van der Waals surface area contributed by atoms with Gasteiger partial charge in [-0.05, 0) is 49.2 Å². The third kappa shape index (κ3) is 4.74. The van der Waals surface area contributed by atoms with E-state index in [1.807, 2.05) is 26.8 Å². The lowest BCUT2D eigenvalue weighted by Gasteiger charge is -2.26. The second-order valence-electron chi connectivity index (χ2n) is 6.27. The summed E-state index contributed by atoms with van der Waals surface area (Å²) in [6.07, 6.45) is 2.42. The maximum atomic E-state index is 12.2. The van der Waals surface area contributed by atoms with Crippen LogP contribution in [0, 0.1) is 0 Å². The maximum Gasteiger partial charge on any atom is 0.410 e. The third-order valence-corrected chi connectivity index (χ3v) is 4.44. The van der Waals surface area contributed by atoms with Crippen LogP contribution in [0.1, 0.15) is 27.2 Å². The van der Waals surface area contributed by atoms with Gasteiger partial charge in [-0.15, -0.1) is 0 Å². The van der Waals surface area contributed by atoms with Crippen LogP contribution in [0.15, 0.2) is 16.9 Å². The molecule has 1 saturated heterocycles. The number of anilines is 1. The average Bonchev–Trinajstić information content (AvgIpc) is 2.66. The molecule has 0 aromatic carbocycles. The first kappa shape index (κ1) is 17.3. The van der Waals surface area contributed by atoms with Crippen molar-refractivity contribution >= 4 is 39.3 Å². The summed E-state index contributed by atoms with van der Waals surface area (Å²) in [4.78, 5) is 20.3. The van der Waals surface area contributed by atoms with Crippen molar-refractivity contribution < 1.29 is 9.53 Å². The third-order valence-electron chi connectivity index (χ3n) is 3.29. The SMILES string of the molecule is CC(C)(C)OC(=O)N1CCCN(c2cnc(Br)c(Cl)c2)CC1. The van der Waals surface area contributed by atoms with Crippen LogP contribution in [0.25, 0.3) is 0 Å². The van der Waals surface area contributed by atoms with Gasteiger partial charge in [0.1, 0.15) is 10.2 Å². The zero-order chi connectivity index (χ0) is 16.3. The summed E-state index contributed by atoms with van der Waals surface area (Å²) in [7, 11) is 0. The van der Waals surface area contributed by atoms with Crippen LogP contribution in [0.4, 0.5) is 10.5 Å². The van der Waals surface area contributed by atoms with E-state index in [9.17, 15) is 4.79 Å². The maximum absolute atomic E-state index is 12.2. The quantitative estimate of drug-likeness (QED) is 0.681. The molecule has 0 bridgehead atoms. The summed E-state index contributed by atoms with van der Waals surface area (Å²) < 4.78 is 6.08. The fraction of sp³-hybridized carbons (Fsp3) is 0.600. The Kier molecular flexibility index (Phi) is 5.55. The van der Waals surface area contributed by atoms with Crippen LogP contribution in [0.5, 0.6) is 0 Å². The molecule has 0 N–H and O–H groups in total. The topological polar surface area (TPSA) is 45.7 Å². The highest BCUT2D eigenvalue weighted by atomic mass is 79.9. The molecular formula is C15H21BrClN3O2. The Hall–Kier alpha value is -1.01. The molecule has 0 saturated carbocycles. The fourth-order valence-corrected chi connectivity index (χ4v) is 2.65. The monoisotopic (exact) mass is 389 g/mol. The van der Waals surface area contributed by atoms with Crippen molar-refractivity contribution in [2.24, 2.45) is 0 Å². The predicted molar refractivity (Wildman–Crippen MR) is 91.6 cm³/mol. The van der Waals surface area contributed by atoms with Gasteiger partial charge >= 0.3 is 6.09 Å². The Labute approximate surface area is 144 Å². The molecule has 22 heavy (non-hydrogen) atoms. The highest BCUT2D eigenvalue weighted by Crippen LogP contribution is 2.26. The van der Waals surface area contributed by atoms with Crippen molar-refractivity contribution in [3.63, 3.8) is 0 Å². The number of nitrogens with zero attached hydrogens (tertiary/aromatic N) is 3. The van der Waals surface area contributed by atoms with Gasteiger partial charge in [0.15, 0.2) is 0 Å². The zero-order valence-electron chi connectivity index (χ0n) is 13.1. The molecule has 5 nitrogen and oxygen atoms in total. The molecule has 1 amide bonds. The molecule has 1 fully saturated rings. The van der Waals surface area contributed by atoms with E-state index in [0.29, 0.717) is 22.7 Å². The Balaban J connectivity index is 2.00. The molecule has 122 valence electrons. The summed E-state index contributed by atoms with van der Waals surface area (Å²) in [5.41, 5.74) is 0.505.